The van der Waals surface area contributed by atoms with E-state index < -0.39 is 10.2 Å². The number of piperidine rings is 1. The minimum atomic E-state index is -3.30. The summed E-state index contributed by atoms with van der Waals surface area (Å²) in [4.78, 5) is 0. The first-order valence-corrected chi connectivity index (χ1v) is 8.28. The number of rotatable bonds is 5. The summed E-state index contributed by atoms with van der Waals surface area (Å²) in [6.45, 7) is 1.28. The molecule has 100 valence electrons. The second-order valence-electron chi connectivity index (χ2n) is 5.15. The fourth-order valence-electron chi connectivity index (χ4n) is 2.37. The van der Waals surface area contributed by atoms with Crippen molar-refractivity contribution in [3.05, 3.63) is 0 Å². The van der Waals surface area contributed by atoms with E-state index >= 15 is 0 Å². The largest absolute Gasteiger partial charge is 0.282 e. The molecule has 0 spiro atoms. The quantitative estimate of drug-likeness (QED) is 0.719. The Balaban J connectivity index is 2.05. The van der Waals surface area contributed by atoms with Crippen molar-refractivity contribution in [2.45, 2.75) is 38.1 Å². The molecule has 0 amide bonds. The van der Waals surface area contributed by atoms with E-state index in [4.69, 9.17) is 11.6 Å². The Morgan fingerprint density at radius 1 is 1.29 bits per heavy atom. The Kier molecular flexibility index (Phi) is 4.34. The van der Waals surface area contributed by atoms with Crippen molar-refractivity contribution in [3.63, 3.8) is 0 Å². The van der Waals surface area contributed by atoms with Crippen molar-refractivity contribution in [1.82, 2.24) is 8.61 Å². The molecule has 1 saturated heterocycles. The number of nitrogens with zero attached hydrogens (tertiary/aromatic N) is 2. The van der Waals surface area contributed by atoms with E-state index in [9.17, 15) is 8.42 Å². The van der Waals surface area contributed by atoms with Gasteiger partial charge in [0.2, 0.25) is 0 Å². The van der Waals surface area contributed by atoms with Gasteiger partial charge in [-0.25, -0.2) is 0 Å². The van der Waals surface area contributed by atoms with Crippen LogP contribution in [0, 0.1) is 5.92 Å². The van der Waals surface area contributed by atoms with Crippen molar-refractivity contribution < 1.29 is 8.42 Å². The zero-order valence-corrected chi connectivity index (χ0v) is 11.9. The molecule has 0 bridgehead atoms. The van der Waals surface area contributed by atoms with Crippen LogP contribution in [0.4, 0.5) is 0 Å². The average Bonchev–Trinajstić information content (AvgIpc) is 3.12. The zero-order chi connectivity index (χ0) is 12.5. The third-order valence-corrected chi connectivity index (χ3v) is 6.02. The Labute approximate surface area is 109 Å². The number of hydrogen-bond acceptors (Lipinski definition) is 2. The topological polar surface area (TPSA) is 40.6 Å². The Morgan fingerprint density at radius 3 is 2.59 bits per heavy atom. The van der Waals surface area contributed by atoms with Crippen LogP contribution in [0.3, 0.4) is 0 Å². The number of hydrogen-bond donors (Lipinski definition) is 0. The Hall–Kier alpha value is 0.160. The maximum Gasteiger partial charge on any atom is 0.282 e. The molecule has 2 aliphatic rings. The number of alkyl halides is 1. The fraction of sp³-hybridized carbons (Fsp3) is 1.00. The molecule has 17 heavy (non-hydrogen) atoms. The number of halogens is 1. The highest BCUT2D eigenvalue weighted by Gasteiger charge is 2.36. The molecule has 0 aromatic rings. The molecule has 0 radical (unpaired) electrons. The monoisotopic (exact) mass is 280 g/mol. The van der Waals surface area contributed by atoms with Crippen molar-refractivity contribution in [2.75, 3.05) is 26.0 Å². The first kappa shape index (κ1) is 13.6. The highest BCUT2D eigenvalue weighted by atomic mass is 35.5. The standard InChI is InChI=1S/C11H21ClN2O2S/c1-13(9-10-5-6-10)17(15,16)14-7-3-2-4-11(14)8-12/h10-11H,2-9H2,1H3. The summed E-state index contributed by atoms with van der Waals surface area (Å²) >= 11 is 5.88. The molecular formula is C11H21ClN2O2S. The second kappa shape index (κ2) is 5.43. The van der Waals surface area contributed by atoms with Gasteiger partial charge in [0, 0.05) is 32.1 Å². The summed E-state index contributed by atoms with van der Waals surface area (Å²) in [5, 5.41) is 0. The van der Waals surface area contributed by atoms with Gasteiger partial charge in [0.25, 0.3) is 10.2 Å². The lowest BCUT2D eigenvalue weighted by Gasteiger charge is -2.36. The smallest absolute Gasteiger partial charge is 0.195 e. The maximum absolute atomic E-state index is 12.4. The first-order valence-electron chi connectivity index (χ1n) is 6.34. The van der Waals surface area contributed by atoms with E-state index in [1.165, 1.54) is 17.1 Å². The van der Waals surface area contributed by atoms with Gasteiger partial charge in [-0.3, -0.25) is 0 Å². The van der Waals surface area contributed by atoms with Crippen LogP contribution >= 0.6 is 11.6 Å². The van der Waals surface area contributed by atoms with Crippen molar-refractivity contribution >= 4 is 21.8 Å². The van der Waals surface area contributed by atoms with Crippen LogP contribution in [0.15, 0.2) is 0 Å². The summed E-state index contributed by atoms with van der Waals surface area (Å²) in [6.07, 6.45) is 5.25. The third-order valence-electron chi connectivity index (χ3n) is 3.65. The van der Waals surface area contributed by atoms with E-state index in [0.717, 1.165) is 19.3 Å². The molecule has 0 N–H and O–H groups in total. The van der Waals surface area contributed by atoms with Crippen LogP contribution in [0.1, 0.15) is 32.1 Å². The van der Waals surface area contributed by atoms with E-state index in [2.05, 4.69) is 0 Å². The van der Waals surface area contributed by atoms with E-state index in [-0.39, 0.29) is 6.04 Å². The van der Waals surface area contributed by atoms with Gasteiger partial charge >= 0.3 is 0 Å². The van der Waals surface area contributed by atoms with Crippen molar-refractivity contribution in [2.24, 2.45) is 5.92 Å². The lowest BCUT2D eigenvalue weighted by molar-refractivity contribution is 0.251. The van der Waals surface area contributed by atoms with E-state index in [1.54, 1.807) is 11.4 Å². The maximum atomic E-state index is 12.4. The first-order chi connectivity index (χ1) is 8.05. The lowest BCUT2D eigenvalue weighted by atomic mass is 10.1. The molecular weight excluding hydrogens is 260 g/mol. The molecule has 0 aromatic heterocycles. The van der Waals surface area contributed by atoms with Crippen LogP contribution < -0.4 is 0 Å². The van der Waals surface area contributed by atoms with Gasteiger partial charge in [-0.1, -0.05) is 6.42 Å². The van der Waals surface area contributed by atoms with Crippen LogP contribution in [0.5, 0.6) is 0 Å². The van der Waals surface area contributed by atoms with Gasteiger partial charge < -0.3 is 0 Å². The Morgan fingerprint density at radius 2 is 2.00 bits per heavy atom. The minimum Gasteiger partial charge on any atom is -0.195 e. The van der Waals surface area contributed by atoms with Gasteiger partial charge in [0.05, 0.1) is 0 Å². The van der Waals surface area contributed by atoms with Crippen LogP contribution in [-0.4, -0.2) is 49.1 Å². The molecule has 6 heteroatoms. The van der Waals surface area contributed by atoms with E-state index in [0.29, 0.717) is 24.9 Å². The van der Waals surface area contributed by atoms with Gasteiger partial charge in [0.1, 0.15) is 0 Å². The van der Waals surface area contributed by atoms with Gasteiger partial charge in [-0.05, 0) is 31.6 Å². The summed E-state index contributed by atoms with van der Waals surface area (Å²) in [5.74, 6) is 0.977. The van der Waals surface area contributed by atoms with Gasteiger partial charge in [-0.2, -0.15) is 17.0 Å². The van der Waals surface area contributed by atoms with Crippen LogP contribution in [-0.2, 0) is 10.2 Å². The summed E-state index contributed by atoms with van der Waals surface area (Å²) < 4.78 is 27.9. The summed E-state index contributed by atoms with van der Waals surface area (Å²) in [7, 11) is -1.61. The lowest BCUT2D eigenvalue weighted by Crippen LogP contribution is -2.50. The molecule has 0 aromatic carbocycles. The summed E-state index contributed by atoms with van der Waals surface area (Å²) in [6, 6.07) is -0.0166. The highest BCUT2D eigenvalue weighted by Crippen LogP contribution is 2.31. The average molecular weight is 281 g/mol. The fourth-order valence-corrected chi connectivity index (χ4v) is 4.45. The summed E-state index contributed by atoms with van der Waals surface area (Å²) in [5.41, 5.74) is 0. The zero-order valence-electron chi connectivity index (χ0n) is 10.3. The molecule has 2 rings (SSSR count). The normalized spacial score (nSPS) is 27.6. The van der Waals surface area contributed by atoms with Crippen LogP contribution in [0.25, 0.3) is 0 Å². The molecule has 1 atom stereocenters. The highest BCUT2D eigenvalue weighted by molar-refractivity contribution is 7.86. The van der Waals surface area contributed by atoms with Crippen LogP contribution in [0.2, 0.25) is 0 Å². The molecule has 2 fully saturated rings. The molecule has 1 saturated carbocycles. The van der Waals surface area contributed by atoms with Gasteiger partial charge in [0.15, 0.2) is 0 Å². The molecule has 1 unspecified atom stereocenters. The Bertz CT molecular complexity index is 356. The predicted octanol–water partition coefficient (Wildman–Crippen LogP) is 1.67. The molecule has 1 aliphatic heterocycles. The molecule has 1 aliphatic carbocycles. The minimum absolute atomic E-state index is 0.0166. The van der Waals surface area contributed by atoms with Crippen molar-refractivity contribution in [1.29, 1.82) is 0 Å². The molecule has 4 nitrogen and oxygen atoms in total. The predicted molar refractivity (Wildman–Crippen MR) is 69.3 cm³/mol. The van der Waals surface area contributed by atoms with Crippen molar-refractivity contribution in [3.8, 4) is 0 Å². The second-order valence-corrected chi connectivity index (χ2v) is 7.44. The van der Waals surface area contributed by atoms with Gasteiger partial charge in [-0.15, -0.1) is 11.6 Å². The third kappa shape index (κ3) is 3.13. The molecule has 1 heterocycles. The SMILES string of the molecule is CN(CC1CC1)S(=O)(=O)N1CCCCC1CCl. The van der Waals surface area contributed by atoms with E-state index in [1.807, 2.05) is 0 Å².